The van der Waals surface area contributed by atoms with Crippen LogP contribution in [0.25, 0.3) is 17.1 Å². The number of benzene rings is 2. The molecule has 2 aromatic heterocycles. The van der Waals surface area contributed by atoms with Crippen LogP contribution in [-0.4, -0.2) is 23.3 Å². The molecule has 0 radical (unpaired) electrons. The Labute approximate surface area is 197 Å². The summed E-state index contributed by atoms with van der Waals surface area (Å²) in [6, 6.07) is 18.4. The van der Waals surface area contributed by atoms with Crippen LogP contribution in [0.5, 0.6) is 0 Å². The summed E-state index contributed by atoms with van der Waals surface area (Å²) >= 11 is 3.72. The van der Waals surface area contributed by atoms with Gasteiger partial charge in [0.2, 0.25) is 0 Å². The normalized spacial score (nSPS) is 12.8. The highest BCUT2D eigenvalue weighted by Crippen LogP contribution is 2.32. The zero-order valence-corrected chi connectivity index (χ0v) is 20.8. The van der Waals surface area contributed by atoms with E-state index in [1.54, 1.807) is 6.26 Å². The Hall–Kier alpha value is -3.14. The largest absolute Gasteiger partial charge is 0.463 e. The molecule has 158 valence electrons. The molecule has 0 spiro atoms. The number of nitrogens with zero attached hydrogens (tertiary/aromatic N) is 3. The summed E-state index contributed by atoms with van der Waals surface area (Å²) in [6.07, 6.45) is 3.53. The molecule has 5 rings (SSSR count). The summed E-state index contributed by atoms with van der Waals surface area (Å²) in [5, 5.41) is 0. The van der Waals surface area contributed by atoms with Crippen molar-refractivity contribution in [2.45, 2.75) is 26.2 Å². The van der Waals surface area contributed by atoms with Gasteiger partial charge in [-0.2, -0.15) is 0 Å². The van der Waals surface area contributed by atoms with Crippen molar-refractivity contribution in [1.29, 1.82) is 0 Å². The van der Waals surface area contributed by atoms with Gasteiger partial charge in [0.05, 0.1) is 29.9 Å². The van der Waals surface area contributed by atoms with Crippen molar-refractivity contribution < 1.29 is 4.42 Å². The minimum atomic E-state index is -1.48. The molecule has 0 aliphatic carbocycles. The first-order valence-corrected chi connectivity index (χ1v) is 14.8. The van der Waals surface area contributed by atoms with Crippen LogP contribution >= 0.6 is 15.9 Å². The number of hydrogen-bond acceptors (Lipinski definition) is 3. The Morgan fingerprint density at radius 3 is 2.62 bits per heavy atom. The molecule has 0 amide bonds. The molecule has 3 heterocycles. The smallest absolute Gasteiger partial charge is 0.154 e. The number of fused-ring (bicyclic) bond motifs is 3. The van der Waals surface area contributed by atoms with E-state index < -0.39 is 8.07 Å². The number of hydrogen-bond donors (Lipinski definition) is 0. The van der Waals surface area contributed by atoms with Crippen molar-refractivity contribution in [2.24, 2.45) is 4.99 Å². The third-order valence-electron chi connectivity index (χ3n) is 5.23. The second kappa shape index (κ2) is 8.08. The van der Waals surface area contributed by atoms with Crippen molar-refractivity contribution >= 4 is 29.7 Å². The van der Waals surface area contributed by atoms with Gasteiger partial charge in [-0.25, -0.2) is 4.98 Å². The number of rotatable bonds is 2. The lowest BCUT2D eigenvalue weighted by molar-refractivity contribution is 0.579. The second-order valence-electron chi connectivity index (χ2n) is 8.76. The van der Waals surface area contributed by atoms with Gasteiger partial charge in [0.1, 0.15) is 20.1 Å². The first kappa shape index (κ1) is 20.7. The molecular formula is C26H22BrN3OSi. The van der Waals surface area contributed by atoms with E-state index in [2.05, 4.69) is 80.9 Å². The lowest BCUT2D eigenvalue weighted by Gasteiger charge is -2.13. The maximum atomic E-state index is 5.64. The SMILES string of the molecule is C[Si](C)(C)C#Cc1ccc2c(c1)C(c1ccccc1Br)=NCc1c(-c3ccco3)ncn1-2. The summed E-state index contributed by atoms with van der Waals surface area (Å²) in [6.45, 7) is 7.26. The molecule has 0 atom stereocenters. The Balaban J connectivity index is 1.73. The van der Waals surface area contributed by atoms with Crippen molar-refractivity contribution in [3.8, 4) is 28.6 Å². The number of halogens is 1. The lowest BCUT2D eigenvalue weighted by Crippen LogP contribution is -2.16. The molecule has 6 heteroatoms. The van der Waals surface area contributed by atoms with E-state index in [0.717, 1.165) is 49.7 Å². The van der Waals surface area contributed by atoms with Gasteiger partial charge < -0.3 is 4.42 Å². The minimum Gasteiger partial charge on any atom is -0.463 e. The zero-order chi connectivity index (χ0) is 22.3. The summed E-state index contributed by atoms with van der Waals surface area (Å²) in [7, 11) is -1.48. The third-order valence-corrected chi connectivity index (χ3v) is 6.80. The molecule has 0 N–H and O–H groups in total. The van der Waals surface area contributed by atoms with E-state index in [1.165, 1.54) is 0 Å². The number of furan rings is 1. The Bertz CT molecular complexity index is 1400. The maximum absolute atomic E-state index is 5.64. The van der Waals surface area contributed by atoms with E-state index in [1.807, 2.05) is 36.7 Å². The Kier molecular flexibility index (Phi) is 5.24. The monoisotopic (exact) mass is 499 g/mol. The average molecular weight is 500 g/mol. The summed E-state index contributed by atoms with van der Waals surface area (Å²) < 4.78 is 8.77. The van der Waals surface area contributed by atoms with Crippen LogP contribution in [0.2, 0.25) is 19.6 Å². The molecule has 4 nitrogen and oxygen atoms in total. The lowest BCUT2D eigenvalue weighted by atomic mass is 9.98. The van der Waals surface area contributed by atoms with Crippen LogP contribution in [0, 0.1) is 11.5 Å². The standard InChI is InChI=1S/C26H22BrN3OSi/c1-32(2,3)14-12-18-10-11-22-20(15-18)25(19-7-4-5-8-21(19)27)28-16-23-26(29-17-30(22)23)24-9-6-13-31-24/h4-11,13,15,17H,16H2,1-3H3. The second-order valence-corrected chi connectivity index (χ2v) is 14.4. The van der Waals surface area contributed by atoms with Crippen LogP contribution in [0.4, 0.5) is 0 Å². The predicted molar refractivity (Wildman–Crippen MR) is 135 cm³/mol. The van der Waals surface area contributed by atoms with E-state index in [9.17, 15) is 0 Å². The summed E-state index contributed by atoms with van der Waals surface area (Å²) in [5.41, 5.74) is 10.4. The van der Waals surface area contributed by atoms with Gasteiger partial charge in [0.15, 0.2) is 5.76 Å². The minimum absolute atomic E-state index is 0.497. The molecule has 4 aromatic rings. The van der Waals surface area contributed by atoms with Gasteiger partial charge >= 0.3 is 0 Å². The summed E-state index contributed by atoms with van der Waals surface area (Å²) in [5.74, 6) is 4.15. The maximum Gasteiger partial charge on any atom is 0.154 e. The zero-order valence-electron chi connectivity index (χ0n) is 18.2. The van der Waals surface area contributed by atoms with Crippen molar-refractivity contribution in [1.82, 2.24) is 9.55 Å². The highest BCUT2D eigenvalue weighted by atomic mass is 79.9. The van der Waals surface area contributed by atoms with Gasteiger partial charge in [-0.05, 0) is 36.4 Å². The average Bonchev–Trinajstić information content (AvgIpc) is 3.40. The Morgan fingerprint density at radius 2 is 1.88 bits per heavy atom. The number of aliphatic imine (C=N–C) groups is 1. The molecule has 32 heavy (non-hydrogen) atoms. The molecule has 1 aliphatic rings. The molecule has 2 aromatic carbocycles. The van der Waals surface area contributed by atoms with E-state index in [-0.39, 0.29) is 0 Å². The first-order chi connectivity index (χ1) is 15.4. The van der Waals surface area contributed by atoms with Gasteiger partial charge in [-0.1, -0.05) is 59.7 Å². The number of aromatic nitrogens is 2. The van der Waals surface area contributed by atoms with Crippen molar-refractivity contribution in [3.63, 3.8) is 0 Å². The highest BCUT2D eigenvalue weighted by Gasteiger charge is 2.24. The van der Waals surface area contributed by atoms with Gasteiger partial charge in [-0.15, -0.1) is 5.54 Å². The van der Waals surface area contributed by atoms with Crippen LogP contribution in [0.15, 0.2) is 81.1 Å². The first-order valence-electron chi connectivity index (χ1n) is 10.5. The van der Waals surface area contributed by atoms with Crippen LogP contribution < -0.4 is 0 Å². The van der Waals surface area contributed by atoms with Gasteiger partial charge in [0.25, 0.3) is 0 Å². The quantitative estimate of drug-likeness (QED) is 0.234. The summed E-state index contributed by atoms with van der Waals surface area (Å²) in [4.78, 5) is 9.73. The molecule has 0 saturated carbocycles. The fraction of sp³-hybridized carbons (Fsp3) is 0.154. The third kappa shape index (κ3) is 3.90. The molecular weight excluding hydrogens is 478 g/mol. The topological polar surface area (TPSA) is 43.3 Å². The van der Waals surface area contributed by atoms with Crippen LogP contribution in [-0.2, 0) is 6.54 Å². The predicted octanol–water partition coefficient (Wildman–Crippen LogP) is 6.47. The Morgan fingerprint density at radius 1 is 1.03 bits per heavy atom. The fourth-order valence-electron chi connectivity index (χ4n) is 3.75. The fourth-order valence-corrected chi connectivity index (χ4v) is 4.74. The molecule has 0 fully saturated rings. The molecule has 0 bridgehead atoms. The van der Waals surface area contributed by atoms with Crippen LogP contribution in [0.3, 0.4) is 0 Å². The molecule has 1 aliphatic heterocycles. The van der Waals surface area contributed by atoms with Crippen molar-refractivity contribution in [2.75, 3.05) is 0 Å². The van der Waals surface area contributed by atoms with E-state index in [0.29, 0.717) is 6.54 Å². The highest BCUT2D eigenvalue weighted by molar-refractivity contribution is 9.10. The molecule has 0 saturated heterocycles. The van der Waals surface area contributed by atoms with Gasteiger partial charge in [-0.3, -0.25) is 9.56 Å². The number of imidazole rings is 1. The van der Waals surface area contributed by atoms with Gasteiger partial charge in [0, 0.05) is 21.2 Å². The van der Waals surface area contributed by atoms with E-state index in [4.69, 9.17) is 9.41 Å². The molecule has 0 unspecified atom stereocenters. The van der Waals surface area contributed by atoms with E-state index >= 15 is 0 Å². The van der Waals surface area contributed by atoms with Crippen molar-refractivity contribution in [3.05, 3.63) is 94.0 Å². The van der Waals surface area contributed by atoms with Crippen LogP contribution in [0.1, 0.15) is 22.4 Å².